The van der Waals surface area contributed by atoms with Gasteiger partial charge in [0.2, 0.25) is 0 Å². The van der Waals surface area contributed by atoms with Crippen LogP contribution in [0.5, 0.6) is 0 Å². The lowest BCUT2D eigenvalue weighted by Gasteiger charge is -2.06. The van der Waals surface area contributed by atoms with Crippen LogP contribution in [0.4, 0.5) is 0 Å². The van der Waals surface area contributed by atoms with Gasteiger partial charge in [-0.3, -0.25) is 0 Å². The fourth-order valence-corrected chi connectivity index (χ4v) is 1.19. The van der Waals surface area contributed by atoms with Gasteiger partial charge < -0.3 is 4.74 Å². The highest BCUT2D eigenvalue weighted by Crippen LogP contribution is 2.02. The van der Waals surface area contributed by atoms with Gasteiger partial charge in [0.25, 0.3) is 0 Å². The largest absolute Gasteiger partial charge is 0.446 e. The molecule has 1 unspecified atom stereocenters. The maximum atomic E-state index is 11.3. The molecule has 1 rings (SSSR count). The third-order valence-electron chi connectivity index (χ3n) is 2.29. The first-order valence-corrected chi connectivity index (χ1v) is 6.48. The molecule has 0 saturated carbocycles. The average Bonchev–Trinajstić information content (AvgIpc) is 2.46. The first kappa shape index (κ1) is 17.0. The van der Waals surface area contributed by atoms with Crippen LogP contribution in [0.25, 0.3) is 0 Å². The maximum absolute atomic E-state index is 11.3. The van der Waals surface area contributed by atoms with E-state index in [1.807, 2.05) is 12.1 Å². The Balaban J connectivity index is 0.000000459. The third kappa shape index (κ3) is 8.68. The van der Waals surface area contributed by atoms with Crippen LogP contribution in [-0.2, 0) is 4.74 Å². The molecule has 0 aliphatic heterocycles. The number of hydrogen-bond acceptors (Lipinski definition) is 2. The second kappa shape index (κ2) is 11.1. The van der Waals surface area contributed by atoms with Crippen LogP contribution < -0.4 is 0 Å². The van der Waals surface area contributed by atoms with Gasteiger partial charge in [0.15, 0.2) is 6.10 Å². The Labute approximate surface area is 116 Å². The van der Waals surface area contributed by atoms with Gasteiger partial charge in [-0.2, -0.15) is 0 Å². The molecule has 19 heavy (non-hydrogen) atoms. The number of allylic oxidation sites excluding steroid dienone is 1. The van der Waals surface area contributed by atoms with Crippen LogP contribution in [0.2, 0.25) is 0 Å². The van der Waals surface area contributed by atoms with Gasteiger partial charge >= 0.3 is 5.97 Å². The first-order chi connectivity index (χ1) is 9.15. The summed E-state index contributed by atoms with van der Waals surface area (Å²) in [6.07, 6.45) is 10.3. The Morgan fingerprint density at radius 3 is 2.53 bits per heavy atom. The fraction of sp³-hybridized carbons (Fsp3) is 0.353. The van der Waals surface area contributed by atoms with Crippen LogP contribution in [0.3, 0.4) is 0 Å². The number of rotatable bonds is 5. The molecule has 0 aromatic heterocycles. The van der Waals surface area contributed by atoms with Crippen LogP contribution in [-0.4, -0.2) is 12.1 Å². The van der Waals surface area contributed by atoms with Crippen molar-refractivity contribution in [2.75, 3.05) is 0 Å². The standard InChI is InChI=1S/C11H10O2.C6H12/c1-3-9(2)13-11(12)10-7-5-4-6-8-10;1-3-5-6-4-2/h1,4-9H,2H3;3H,1,4-6H2,2H3. The highest BCUT2D eigenvalue weighted by molar-refractivity contribution is 5.89. The summed E-state index contributed by atoms with van der Waals surface area (Å²) in [6.45, 7) is 7.44. The van der Waals surface area contributed by atoms with Crippen molar-refractivity contribution in [2.24, 2.45) is 0 Å². The molecule has 1 aromatic carbocycles. The summed E-state index contributed by atoms with van der Waals surface area (Å²) in [5, 5.41) is 0. The molecule has 0 aliphatic rings. The lowest BCUT2D eigenvalue weighted by Crippen LogP contribution is -2.12. The van der Waals surface area contributed by atoms with E-state index in [4.69, 9.17) is 11.2 Å². The maximum Gasteiger partial charge on any atom is 0.339 e. The number of carbonyl (C=O) groups is 1. The summed E-state index contributed by atoms with van der Waals surface area (Å²) in [7, 11) is 0. The fourth-order valence-electron chi connectivity index (χ4n) is 1.19. The predicted octanol–water partition coefficient (Wildman–Crippen LogP) is 4.23. The molecule has 0 aliphatic carbocycles. The van der Waals surface area contributed by atoms with Gasteiger partial charge in [0, 0.05) is 0 Å². The molecule has 0 fully saturated rings. The molecule has 0 radical (unpaired) electrons. The van der Waals surface area contributed by atoms with E-state index < -0.39 is 6.10 Å². The van der Waals surface area contributed by atoms with Crippen molar-refractivity contribution in [1.29, 1.82) is 0 Å². The number of unbranched alkanes of at least 4 members (excludes halogenated alkanes) is 2. The lowest BCUT2D eigenvalue weighted by atomic mass is 10.2. The van der Waals surface area contributed by atoms with Gasteiger partial charge in [-0.1, -0.05) is 50.0 Å². The summed E-state index contributed by atoms with van der Waals surface area (Å²) in [5.41, 5.74) is 0.518. The molecular weight excluding hydrogens is 236 g/mol. The lowest BCUT2D eigenvalue weighted by molar-refractivity contribution is 0.0439. The Morgan fingerprint density at radius 2 is 2.11 bits per heavy atom. The topological polar surface area (TPSA) is 26.3 Å². The second-order valence-electron chi connectivity index (χ2n) is 4.01. The van der Waals surface area contributed by atoms with Gasteiger partial charge in [0.05, 0.1) is 5.56 Å². The second-order valence-corrected chi connectivity index (χ2v) is 4.01. The van der Waals surface area contributed by atoms with Crippen molar-refractivity contribution in [1.82, 2.24) is 0 Å². The monoisotopic (exact) mass is 258 g/mol. The number of terminal acetylenes is 1. The zero-order valence-electron chi connectivity index (χ0n) is 11.8. The Bertz CT molecular complexity index is 401. The summed E-state index contributed by atoms with van der Waals surface area (Å²) < 4.78 is 4.91. The SMILES string of the molecule is C#CC(C)OC(=O)c1ccccc1.C=CCCCC. The van der Waals surface area contributed by atoms with E-state index in [-0.39, 0.29) is 5.97 Å². The summed E-state index contributed by atoms with van der Waals surface area (Å²) in [4.78, 5) is 11.3. The van der Waals surface area contributed by atoms with E-state index in [1.54, 1.807) is 31.2 Å². The minimum absolute atomic E-state index is 0.383. The van der Waals surface area contributed by atoms with Gasteiger partial charge in [-0.05, 0) is 25.5 Å². The smallest absolute Gasteiger partial charge is 0.339 e. The van der Waals surface area contributed by atoms with E-state index in [0.29, 0.717) is 5.56 Å². The van der Waals surface area contributed by atoms with Crippen molar-refractivity contribution in [3.8, 4) is 12.3 Å². The predicted molar refractivity (Wildman–Crippen MR) is 79.9 cm³/mol. The number of ether oxygens (including phenoxy) is 1. The van der Waals surface area contributed by atoms with Crippen LogP contribution in [0, 0.1) is 12.3 Å². The molecule has 0 saturated heterocycles. The molecule has 1 aromatic rings. The van der Waals surface area contributed by atoms with Crippen molar-refractivity contribution in [3.63, 3.8) is 0 Å². The van der Waals surface area contributed by atoms with Crippen LogP contribution in [0.15, 0.2) is 43.0 Å². The Morgan fingerprint density at radius 1 is 1.47 bits per heavy atom. The van der Waals surface area contributed by atoms with Crippen molar-refractivity contribution in [3.05, 3.63) is 48.6 Å². The van der Waals surface area contributed by atoms with Crippen molar-refractivity contribution >= 4 is 5.97 Å². The van der Waals surface area contributed by atoms with E-state index in [0.717, 1.165) is 0 Å². The minimum Gasteiger partial charge on any atom is -0.446 e. The highest BCUT2D eigenvalue weighted by Gasteiger charge is 2.08. The average molecular weight is 258 g/mol. The molecule has 2 heteroatoms. The molecular formula is C17H22O2. The van der Waals surface area contributed by atoms with E-state index >= 15 is 0 Å². The quantitative estimate of drug-likeness (QED) is 0.342. The molecule has 0 heterocycles. The Hall–Kier alpha value is -2.01. The molecule has 102 valence electrons. The van der Waals surface area contributed by atoms with Crippen LogP contribution >= 0.6 is 0 Å². The number of benzene rings is 1. The minimum atomic E-state index is -0.479. The molecule has 0 amide bonds. The Kier molecular flexibility index (Phi) is 9.93. The van der Waals surface area contributed by atoms with Gasteiger partial charge in [-0.25, -0.2) is 4.79 Å². The summed E-state index contributed by atoms with van der Waals surface area (Å²) in [5.74, 6) is 1.94. The number of carbonyl (C=O) groups excluding carboxylic acids is 1. The van der Waals surface area contributed by atoms with E-state index in [9.17, 15) is 4.79 Å². The zero-order valence-corrected chi connectivity index (χ0v) is 11.8. The van der Waals surface area contributed by atoms with Crippen molar-refractivity contribution in [2.45, 2.75) is 39.2 Å². The van der Waals surface area contributed by atoms with Gasteiger partial charge in [-0.15, -0.1) is 13.0 Å². The van der Waals surface area contributed by atoms with E-state index in [2.05, 4.69) is 19.4 Å². The molecule has 0 bridgehead atoms. The summed E-state index contributed by atoms with van der Waals surface area (Å²) in [6, 6.07) is 8.76. The molecule has 0 spiro atoms. The first-order valence-electron chi connectivity index (χ1n) is 6.48. The molecule has 1 atom stereocenters. The zero-order chi connectivity index (χ0) is 14.5. The molecule has 0 N–H and O–H groups in total. The third-order valence-corrected chi connectivity index (χ3v) is 2.29. The summed E-state index contributed by atoms with van der Waals surface area (Å²) >= 11 is 0. The van der Waals surface area contributed by atoms with Crippen molar-refractivity contribution < 1.29 is 9.53 Å². The molecule has 2 nitrogen and oxygen atoms in total. The number of esters is 1. The van der Waals surface area contributed by atoms with Gasteiger partial charge in [0.1, 0.15) is 0 Å². The van der Waals surface area contributed by atoms with E-state index in [1.165, 1.54) is 19.3 Å². The number of hydrogen-bond donors (Lipinski definition) is 0. The normalized spacial score (nSPS) is 10.4. The van der Waals surface area contributed by atoms with Crippen LogP contribution in [0.1, 0.15) is 43.5 Å². The highest BCUT2D eigenvalue weighted by atomic mass is 16.5.